The third-order valence-electron chi connectivity index (χ3n) is 4.50. The predicted molar refractivity (Wildman–Crippen MR) is 107 cm³/mol. The number of hydrogen-bond acceptors (Lipinski definition) is 1. The number of allylic oxidation sites excluding steroid dienone is 2. The van der Waals surface area contributed by atoms with E-state index < -0.39 is 0 Å². The molecular formula is C23H36O. The minimum atomic E-state index is 0.0704. The first-order valence-corrected chi connectivity index (χ1v) is 9.38. The van der Waals surface area contributed by atoms with Crippen LogP contribution in [0, 0.1) is 0 Å². The fourth-order valence-electron chi connectivity index (χ4n) is 3.00. The van der Waals surface area contributed by atoms with E-state index >= 15 is 0 Å². The van der Waals surface area contributed by atoms with Gasteiger partial charge in [0.1, 0.15) is 6.10 Å². The van der Waals surface area contributed by atoms with Crippen molar-refractivity contribution in [2.75, 3.05) is 0 Å². The molecule has 0 spiro atoms. The standard InChI is InChI=1S/C23H36O/c1-9-10-11-12-13-24-19(8)23-21(17(4)5)14-20(16(2)3)15-22(23)18(6)7/h9,12-19H,1,10-11H2,2-8H3/b13-12+/t19-/m1/s1. The summed E-state index contributed by atoms with van der Waals surface area (Å²) in [5, 5.41) is 0. The van der Waals surface area contributed by atoms with E-state index in [1.165, 1.54) is 22.3 Å². The average molecular weight is 329 g/mol. The molecule has 1 nitrogen and oxygen atoms in total. The van der Waals surface area contributed by atoms with Crippen molar-refractivity contribution in [1.82, 2.24) is 0 Å². The SMILES string of the molecule is C=CCC/C=C/O[C@H](C)c1c(C(C)C)cc(C(C)C)cc1C(C)C. The quantitative estimate of drug-likeness (QED) is 0.257. The van der Waals surface area contributed by atoms with E-state index in [0.29, 0.717) is 17.8 Å². The van der Waals surface area contributed by atoms with Gasteiger partial charge in [-0.2, -0.15) is 0 Å². The Labute approximate surface area is 149 Å². The van der Waals surface area contributed by atoms with E-state index in [1.807, 2.05) is 12.3 Å². The van der Waals surface area contributed by atoms with Crippen LogP contribution in [0.3, 0.4) is 0 Å². The Kier molecular flexibility index (Phi) is 8.31. The number of benzene rings is 1. The summed E-state index contributed by atoms with van der Waals surface area (Å²) in [5.41, 5.74) is 5.66. The molecule has 0 aliphatic carbocycles. The molecule has 0 heterocycles. The number of unbranched alkanes of at least 4 members (excludes halogenated alkanes) is 1. The first kappa shape index (κ1) is 20.5. The summed E-state index contributed by atoms with van der Waals surface area (Å²) in [6.07, 6.45) is 7.93. The summed E-state index contributed by atoms with van der Waals surface area (Å²) < 4.78 is 6.04. The van der Waals surface area contributed by atoms with Crippen molar-refractivity contribution < 1.29 is 4.74 Å². The summed E-state index contributed by atoms with van der Waals surface area (Å²) in [7, 11) is 0. The zero-order chi connectivity index (χ0) is 18.3. The third-order valence-corrected chi connectivity index (χ3v) is 4.50. The highest BCUT2D eigenvalue weighted by molar-refractivity contribution is 5.44. The normalized spacial score (nSPS) is 13.2. The average Bonchev–Trinajstić information content (AvgIpc) is 2.52. The van der Waals surface area contributed by atoms with Crippen molar-refractivity contribution >= 4 is 0 Å². The van der Waals surface area contributed by atoms with Gasteiger partial charge in [-0.1, -0.05) is 59.8 Å². The molecule has 0 aromatic heterocycles. The molecule has 0 unspecified atom stereocenters. The fourth-order valence-corrected chi connectivity index (χ4v) is 3.00. The van der Waals surface area contributed by atoms with Gasteiger partial charge in [-0.25, -0.2) is 0 Å². The van der Waals surface area contributed by atoms with Crippen LogP contribution in [-0.4, -0.2) is 0 Å². The molecule has 1 aromatic rings. The molecule has 1 aromatic carbocycles. The van der Waals surface area contributed by atoms with Crippen molar-refractivity contribution in [1.29, 1.82) is 0 Å². The minimum absolute atomic E-state index is 0.0704. The Balaban J connectivity index is 3.22. The molecule has 0 aliphatic heterocycles. The maximum Gasteiger partial charge on any atom is 0.121 e. The van der Waals surface area contributed by atoms with E-state index in [2.05, 4.69) is 73.3 Å². The van der Waals surface area contributed by atoms with Gasteiger partial charge in [0, 0.05) is 0 Å². The highest BCUT2D eigenvalue weighted by atomic mass is 16.5. The summed E-state index contributed by atoms with van der Waals surface area (Å²) in [6.45, 7) is 19.6. The highest BCUT2D eigenvalue weighted by Crippen LogP contribution is 2.36. The molecule has 24 heavy (non-hydrogen) atoms. The van der Waals surface area contributed by atoms with E-state index in [-0.39, 0.29) is 6.10 Å². The summed E-state index contributed by atoms with van der Waals surface area (Å²) >= 11 is 0. The van der Waals surface area contributed by atoms with Gasteiger partial charge < -0.3 is 4.74 Å². The van der Waals surface area contributed by atoms with E-state index in [9.17, 15) is 0 Å². The first-order chi connectivity index (χ1) is 11.3. The molecule has 0 bridgehead atoms. The van der Waals surface area contributed by atoms with Crippen LogP contribution in [0.25, 0.3) is 0 Å². The van der Waals surface area contributed by atoms with Gasteiger partial charge in [0.25, 0.3) is 0 Å². The van der Waals surface area contributed by atoms with Crippen molar-refractivity contribution in [3.63, 3.8) is 0 Å². The largest absolute Gasteiger partial charge is 0.494 e. The van der Waals surface area contributed by atoms with Gasteiger partial charge in [-0.15, -0.1) is 6.58 Å². The molecule has 0 N–H and O–H groups in total. The van der Waals surface area contributed by atoms with Crippen LogP contribution in [0.15, 0.2) is 37.1 Å². The monoisotopic (exact) mass is 328 g/mol. The smallest absolute Gasteiger partial charge is 0.121 e. The summed E-state index contributed by atoms with van der Waals surface area (Å²) in [4.78, 5) is 0. The number of hydrogen-bond donors (Lipinski definition) is 0. The van der Waals surface area contributed by atoms with Crippen molar-refractivity contribution in [2.45, 2.75) is 85.2 Å². The molecular weight excluding hydrogens is 292 g/mol. The topological polar surface area (TPSA) is 9.23 Å². The molecule has 1 rings (SSSR count). The van der Waals surface area contributed by atoms with Gasteiger partial charge in [0.2, 0.25) is 0 Å². The Morgan fingerprint density at radius 3 is 1.83 bits per heavy atom. The Hall–Kier alpha value is -1.50. The molecule has 0 aliphatic rings. The lowest BCUT2D eigenvalue weighted by molar-refractivity contribution is 0.161. The number of rotatable bonds is 9. The summed E-state index contributed by atoms with van der Waals surface area (Å²) in [6, 6.07) is 4.77. The van der Waals surface area contributed by atoms with Crippen LogP contribution in [0.1, 0.15) is 107 Å². The van der Waals surface area contributed by atoms with Crippen LogP contribution in [0.4, 0.5) is 0 Å². The molecule has 0 saturated carbocycles. The Morgan fingerprint density at radius 2 is 1.42 bits per heavy atom. The van der Waals surface area contributed by atoms with Crippen LogP contribution in [0.2, 0.25) is 0 Å². The van der Waals surface area contributed by atoms with Crippen LogP contribution >= 0.6 is 0 Å². The lowest BCUT2D eigenvalue weighted by atomic mass is 9.82. The predicted octanol–water partition coefficient (Wildman–Crippen LogP) is 7.61. The molecule has 134 valence electrons. The minimum Gasteiger partial charge on any atom is -0.494 e. The van der Waals surface area contributed by atoms with Crippen molar-refractivity contribution in [3.8, 4) is 0 Å². The first-order valence-electron chi connectivity index (χ1n) is 9.38. The second kappa shape index (κ2) is 9.71. The second-order valence-corrected chi connectivity index (χ2v) is 7.59. The van der Waals surface area contributed by atoms with Gasteiger partial charge in [0.05, 0.1) is 6.26 Å². The van der Waals surface area contributed by atoms with Crippen molar-refractivity contribution in [3.05, 3.63) is 59.4 Å². The third kappa shape index (κ3) is 5.54. The molecule has 0 amide bonds. The van der Waals surface area contributed by atoms with Crippen molar-refractivity contribution in [2.24, 2.45) is 0 Å². The maximum atomic E-state index is 6.04. The van der Waals surface area contributed by atoms with Crippen LogP contribution in [0.5, 0.6) is 0 Å². The van der Waals surface area contributed by atoms with Gasteiger partial charge in [-0.05, 0) is 65.8 Å². The molecule has 0 saturated heterocycles. The van der Waals surface area contributed by atoms with E-state index in [1.54, 1.807) is 0 Å². The molecule has 0 fully saturated rings. The van der Waals surface area contributed by atoms with Crippen LogP contribution in [-0.2, 0) is 4.74 Å². The van der Waals surface area contributed by atoms with Crippen LogP contribution < -0.4 is 0 Å². The second-order valence-electron chi connectivity index (χ2n) is 7.59. The lowest BCUT2D eigenvalue weighted by Gasteiger charge is -2.26. The van der Waals surface area contributed by atoms with Gasteiger partial charge in [-0.3, -0.25) is 0 Å². The highest BCUT2D eigenvalue weighted by Gasteiger charge is 2.21. The zero-order valence-electron chi connectivity index (χ0n) is 16.7. The molecule has 1 atom stereocenters. The summed E-state index contributed by atoms with van der Waals surface area (Å²) in [5.74, 6) is 1.53. The molecule has 0 radical (unpaired) electrons. The van der Waals surface area contributed by atoms with Gasteiger partial charge in [0.15, 0.2) is 0 Å². The number of ether oxygens (including phenoxy) is 1. The molecule has 1 heteroatoms. The zero-order valence-corrected chi connectivity index (χ0v) is 16.7. The van der Waals surface area contributed by atoms with E-state index in [0.717, 1.165) is 12.8 Å². The van der Waals surface area contributed by atoms with Gasteiger partial charge >= 0.3 is 0 Å². The maximum absolute atomic E-state index is 6.04. The Morgan fingerprint density at radius 1 is 0.875 bits per heavy atom. The lowest BCUT2D eigenvalue weighted by Crippen LogP contribution is -2.10. The Bertz CT molecular complexity index is 520. The van der Waals surface area contributed by atoms with E-state index in [4.69, 9.17) is 4.74 Å². The fraction of sp³-hybridized carbons (Fsp3) is 0.565.